The normalized spacial score (nSPS) is 10.9. The molecule has 2 aromatic heterocycles. The molecule has 0 atom stereocenters. The molecular weight excluding hydrogens is 845 g/mol. The second-order valence-corrected chi connectivity index (χ2v) is 16.8. The van der Waals surface area contributed by atoms with Crippen LogP contribution in [0, 0.1) is 60.6 Å². The molecule has 0 aliphatic carbocycles. The van der Waals surface area contributed by atoms with E-state index in [1.54, 1.807) is 24.3 Å². The van der Waals surface area contributed by atoms with E-state index in [1.165, 1.54) is 0 Å². The first-order valence-electron chi connectivity index (χ1n) is 21.9. The van der Waals surface area contributed by atoms with E-state index in [4.69, 9.17) is 19.7 Å². The Kier molecular flexibility index (Phi) is 9.86. The van der Waals surface area contributed by atoms with E-state index >= 15 is 0 Å². The van der Waals surface area contributed by atoms with Crippen LogP contribution < -0.4 is 0 Å². The Morgan fingerprint density at radius 3 is 1.39 bits per heavy atom. The van der Waals surface area contributed by atoms with Gasteiger partial charge in [-0.25, -0.2) is 14.5 Å². The summed E-state index contributed by atoms with van der Waals surface area (Å²) in [6, 6.07) is 64.2. The summed E-state index contributed by atoms with van der Waals surface area (Å²) in [6.45, 7) is 25.7. The summed E-state index contributed by atoms with van der Waals surface area (Å²) >= 11 is 0. The van der Waals surface area contributed by atoms with Crippen LogP contribution in [0.4, 0.5) is 17.1 Å². The van der Waals surface area contributed by atoms with Gasteiger partial charge in [-0.15, -0.1) is 0 Å². The molecule has 0 aliphatic heterocycles. The number of hydrogen-bond acceptors (Lipinski definition) is 3. The summed E-state index contributed by atoms with van der Waals surface area (Å²) in [4.78, 5) is 11.3. The van der Waals surface area contributed by atoms with Gasteiger partial charge >= 0.3 is 0 Å². The van der Waals surface area contributed by atoms with Crippen LogP contribution in [0.15, 0.2) is 176 Å². The summed E-state index contributed by atoms with van der Waals surface area (Å²) in [5, 5.41) is 33.4. The monoisotopic (exact) mass is 876 g/mol. The number of benzene rings is 9. The van der Waals surface area contributed by atoms with Crippen molar-refractivity contribution in [2.75, 3.05) is 0 Å². The summed E-state index contributed by atoms with van der Waals surface area (Å²) in [5.41, 5.74) is 16.1. The average molecular weight is 877 g/mol. The van der Waals surface area contributed by atoms with Crippen LogP contribution in [0.5, 0.6) is 0 Å². The maximum absolute atomic E-state index is 9.81. The minimum Gasteiger partial charge on any atom is -0.309 e. The van der Waals surface area contributed by atoms with Gasteiger partial charge in [-0.05, 0) is 142 Å². The van der Waals surface area contributed by atoms with Crippen molar-refractivity contribution in [1.29, 1.82) is 15.8 Å². The Balaban J connectivity index is 1.20. The molecule has 8 heteroatoms. The van der Waals surface area contributed by atoms with Crippen LogP contribution in [0.1, 0.15) is 22.3 Å². The molecule has 0 N–H and O–H groups in total. The molecule has 316 valence electrons. The minimum absolute atomic E-state index is 0.406. The van der Waals surface area contributed by atoms with Gasteiger partial charge in [0.05, 0.1) is 88.1 Å². The molecule has 0 amide bonds. The fourth-order valence-electron chi connectivity index (χ4n) is 9.81. The Hall–Kier alpha value is -10.5. The SMILES string of the molecule is [C-]#[N+]c1cc([N+]#[C-])cc(-c2ccc3c(c2)c2ccccc2n3-c2ccc(-c3ccc(C#N)cc3C)cc2-c2cc([N+]#[C-])ccc2-n2c3ccccc3c3cc(-c4cc(C#N)cc(C#N)c4)ccc32)c1. The number of nitriles is 3. The molecule has 11 rings (SSSR count). The summed E-state index contributed by atoms with van der Waals surface area (Å²) in [6.07, 6.45) is 0. The zero-order chi connectivity index (χ0) is 47.3. The van der Waals surface area contributed by atoms with Gasteiger partial charge in [0.15, 0.2) is 17.1 Å². The van der Waals surface area contributed by atoms with Gasteiger partial charge in [-0.2, -0.15) is 15.8 Å². The molecular formula is C61H32N8. The largest absolute Gasteiger partial charge is 0.309 e. The highest BCUT2D eigenvalue weighted by molar-refractivity contribution is 6.13. The van der Waals surface area contributed by atoms with Crippen LogP contribution in [0.2, 0.25) is 0 Å². The lowest BCUT2D eigenvalue weighted by Crippen LogP contribution is -2.02. The molecule has 2 heterocycles. The molecule has 0 bridgehead atoms. The molecule has 0 saturated carbocycles. The van der Waals surface area contributed by atoms with Crippen LogP contribution >= 0.6 is 0 Å². The van der Waals surface area contributed by atoms with Crippen molar-refractivity contribution in [3.8, 4) is 74.1 Å². The van der Waals surface area contributed by atoms with Crippen molar-refractivity contribution >= 4 is 60.7 Å². The number of fused-ring (bicyclic) bond motifs is 6. The average Bonchev–Trinajstić information content (AvgIpc) is 3.92. The van der Waals surface area contributed by atoms with E-state index in [0.717, 1.165) is 105 Å². The highest BCUT2D eigenvalue weighted by atomic mass is 15.0. The first-order chi connectivity index (χ1) is 33.8. The number of rotatable bonds is 6. The van der Waals surface area contributed by atoms with Crippen LogP contribution in [-0.2, 0) is 0 Å². The predicted octanol–water partition coefficient (Wildman–Crippen LogP) is 16.1. The number of aromatic nitrogens is 2. The number of aryl methyl sites for hydroxylation is 1. The quantitative estimate of drug-likeness (QED) is 0.156. The summed E-state index contributed by atoms with van der Waals surface area (Å²) in [5.74, 6) is 0. The summed E-state index contributed by atoms with van der Waals surface area (Å²) < 4.78 is 4.52. The van der Waals surface area contributed by atoms with E-state index in [-0.39, 0.29) is 0 Å². The molecule has 0 radical (unpaired) electrons. The fraction of sp³-hybridized carbons (Fsp3) is 0.0164. The Labute approximate surface area is 397 Å². The topological polar surface area (TPSA) is 94.3 Å². The van der Waals surface area contributed by atoms with Crippen molar-refractivity contribution in [2.24, 2.45) is 0 Å². The lowest BCUT2D eigenvalue weighted by molar-refractivity contribution is 1.16. The molecule has 0 fully saturated rings. The van der Waals surface area contributed by atoms with Gasteiger partial charge in [0.25, 0.3) is 0 Å². The zero-order valence-corrected chi connectivity index (χ0v) is 36.8. The minimum atomic E-state index is 0.406. The highest BCUT2D eigenvalue weighted by Crippen LogP contribution is 2.45. The Morgan fingerprint density at radius 1 is 0.362 bits per heavy atom. The van der Waals surface area contributed by atoms with E-state index in [0.29, 0.717) is 33.8 Å². The summed E-state index contributed by atoms with van der Waals surface area (Å²) in [7, 11) is 0. The highest BCUT2D eigenvalue weighted by Gasteiger charge is 2.23. The van der Waals surface area contributed by atoms with E-state index in [2.05, 4.69) is 109 Å². The third-order valence-electron chi connectivity index (χ3n) is 12.9. The maximum atomic E-state index is 9.81. The molecule has 11 aromatic rings. The standard InChI is InChI=1S/C61H32N8/c1-37-23-38(34-62)13-18-49(37)43-16-21-60(68-56-11-7-5-10-51(56)53-30-42(15-20-58(53)68)45-27-47(66-3)32-48(28-45)67-4)54(31-43)55-33-46(65-2)17-22-61(55)69-57-12-8-6-9-50(57)52-29-41(14-19-59(52)69)44-25-39(35-63)24-40(26-44)36-64/h5-33H,1H3. The van der Waals surface area contributed by atoms with Gasteiger partial charge in [0.2, 0.25) is 0 Å². The number of nitrogens with zero attached hydrogens (tertiary/aromatic N) is 8. The molecule has 69 heavy (non-hydrogen) atoms. The van der Waals surface area contributed by atoms with E-state index in [9.17, 15) is 15.8 Å². The van der Waals surface area contributed by atoms with Crippen molar-refractivity contribution < 1.29 is 0 Å². The first kappa shape index (κ1) is 41.2. The number of para-hydroxylation sites is 2. The first-order valence-corrected chi connectivity index (χ1v) is 21.9. The third kappa shape index (κ3) is 6.88. The zero-order valence-electron chi connectivity index (χ0n) is 36.8. The van der Waals surface area contributed by atoms with Crippen molar-refractivity contribution in [3.63, 3.8) is 0 Å². The molecule has 0 saturated heterocycles. The second-order valence-electron chi connectivity index (χ2n) is 16.8. The Bertz CT molecular complexity index is 4230. The lowest BCUT2D eigenvalue weighted by Gasteiger charge is -2.20. The van der Waals surface area contributed by atoms with Gasteiger partial charge in [0.1, 0.15) is 0 Å². The van der Waals surface area contributed by atoms with Gasteiger partial charge < -0.3 is 9.13 Å². The van der Waals surface area contributed by atoms with Crippen molar-refractivity contribution in [2.45, 2.75) is 6.92 Å². The van der Waals surface area contributed by atoms with Gasteiger partial charge in [-0.3, -0.25) is 0 Å². The van der Waals surface area contributed by atoms with Crippen molar-refractivity contribution in [1.82, 2.24) is 9.13 Å². The van der Waals surface area contributed by atoms with E-state index in [1.807, 2.05) is 91.9 Å². The fourth-order valence-corrected chi connectivity index (χ4v) is 9.81. The number of hydrogen-bond donors (Lipinski definition) is 0. The van der Waals surface area contributed by atoms with E-state index < -0.39 is 0 Å². The van der Waals surface area contributed by atoms with Crippen LogP contribution in [0.3, 0.4) is 0 Å². The molecule has 8 nitrogen and oxygen atoms in total. The molecule has 0 aliphatic rings. The Morgan fingerprint density at radius 2 is 0.855 bits per heavy atom. The van der Waals surface area contributed by atoms with Crippen LogP contribution in [-0.4, -0.2) is 9.13 Å². The van der Waals surface area contributed by atoms with Crippen molar-refractivity contribution in [3.05, 3.63) is 232 Å². The predicted molar refractivity (Wildman–Crippen MR) is 275 cm³/mol. The third-order valence-corrected chi connectivity index (χ3v) is 12.9. The maximum Gasteiger partial charge on any atom is 0.188 e. The molecule has 0 unspecified atom stereocenters. The van der Waals surface area contributed by atoms with Gasteiger partial charge in [-0.1, -0.05) is 84.9 Å². The lowest BCUT2D eigenvalue weighted by atomic mass is 9.93. The molecule has 0 spiro atoms. The second kappa shape index (κ2) is 16.5. The smallest absolute Gasteiger partial charge is 0.188 e. The molecule has 9 aromatic carbocycles. The van der Waals surface area contributed by atoms with Crippen LogP contribution in [0.25, 0.3) is 114 Å². The van der Waals surface area contributed by atoms with Gasteiger partial charge in [0, 0.05) is 27.1 Å².